The first-order valence-corrected chi connectivity index (χ1v) is 8.28. The van der Waals surface area contributed by atoms with Crippen molar-refractivity contribution in [2.24, 2.45) is 5.73 Å². The average molecular weight is 387 g/mol. The quantitative estimate of drug-likeness (QED) is 0.635. The molecule has 28 heavy (non-hydrogen) atoms. The molecule has 6 nitrogen and oxygen atoms in total. The first-order valence-electron chi connectivity index (χ1n) is 8.28. The van der Waals surface area contributed by atoms with E-state index in [4.69, 9.17) is 5.73 Å². The molecule has 0 aliphatic heterocycles. The topological polar surface area (TPSA) is 93.8 Å². The molecular formula is C19H16F3N5O. The van der Waals surface area contributed by atoms with Gasteiger partial charge in [0, 0.05) is 36.6 Å². The molecule has 0 unspecified atom stereocenters. The van der Waals surface area contributed by atoms with Gasteiger partial charge in [0.1, 0.15) is 11.6 Å². The molecule has 0 aliphatic rings. The molecule has 2 aromatic heterocycles. The average Bonchev–Trinajstić information content (AvgIpc) is 2.65. The van der Waals surface area contributed by atoms with Gasteiger partial charge in [0.2, 0.25) is 0 Å². The summed E-state index contributed by atoms with van der Waals surface area (Å²) < 4.78 is 41.1. The lowest BCUT2D eigenvalue weighted by Crippen LogP contribution is -2.16. The van der Waals surface area contributed by atoms with E-state index in [1.165, 1.54) is 12.3 Å². The summed E-state index contributed by atoms with van der Waals surface area (Å²) in [7, 11) is 0. The van der Waals surface area contributed by atoms with Crippen LogP contribution in [0.1, 0.15) is 33.1 Å². The van der Waals surface area contributed by atoms with Crippen molar-refractivity contribution in [3.8, 4) is 0 Å². The Balaban J connectivity index is 1.88. The number of pyridine rings is 1. The second-order valence-corrected chi connectivity index (χ2v) is 6.03. The Labute approximate surface area is 158 Å². The van der Waals surface area contributed by atoms with Crippen LogP contribution in [-0.2, 0) is 13.0 Å². The van der Waals surface area contributed by atoms with E-state index in [9.17, 15) is 18.0 Å². The van der Waals surface area contributed by atoms with E-state index in [1.807, 2.05) is 0 Å². The summed E-state index contributed by atoms with van der Waals surface area (Å²) in [6.45, 7) is 1.37. The monoisotopic (exact) mass is 387 g/mol. The van der Waals surface area contributed by atoms with E-state index in [-0.39, 0.29) is 17.8 Å². The number of nitrogens with two attached hydrogens (primary N) is 1. The molecule has 144 valence electrons. The van der Waals surface area contributed by atoms with Crippen molar-refractivity contribution in [2.45, 2.75) is 19.9 Å². The first-order chi connectivity index (χ1) is 13.3. The summed E-state index contributed by atoms with van der Waals surface area (Å²) >= 11 is 0. The molecule has 1 amide bonds. The van der Waals surface area contributed by atoms with Gasteiger partial charge in [0.05, 0.1) is 16.9 Å². The summed E-state index contributed by atoms with van der Waals surface area (Å²) in [4.78, 5) is 24.1. The minimum Gasteiger partial charge on any atom is -0.380 e. The zero-order valence-electron chi connectivity index (χ0n) is 14.8. The largest absolute Gasteiger partial charge is 0.380 e. The summed E-state index contributed by atoms with van der Waals surface area (Å²) in [5.74, 6) is -3.53. The molecule has 9 heteroatoms. The number of nitrogens with zero attached hydrogens (tertiary/aromatic N) is 3. The Morgan fingerprint density at radius 3 is 2.57 bits per heavy atom. The van der Waals surface area contributed by atoms with Crippen LogP contribution < -0.4 is 11.1 Å². The smallest absolute Gasteiger partial charge is 0.252 e. The lowest BCUT2D eigenvalue weighted by Gasteiger charge is -2.13. The molecule has 0 fully saturated rings. The van der Waals surface area contributed by atoms with E-state index in [2.05, 4.69) is 20.3 Å². The van der Waals surface area contributed by atoms with Gasteiger partial charge in [-0.25, -0.2) is 23.1 Å². The number of nitrogens with one attached hydrogen (secondary N) is 1. The maximum atomic E-state index is 13.9. The van der Waals surface area contributed by atoms with E-state index in [1.54, 1.807) is 19.2 Å². The number of hydrogen-bond donors (Lipinski definition) is 2. The number of rotatable bonds is 6. The molecule has 2 heterocycles. The molecule has 0 atom stereocenters. The Morgan fingerprint density at radius 2 is 1.86 bits per heavy atom. The number of aryl methyl sites for hydroxylation is 1. The Hall–Kier alpha value is -3.49. The van der Waals surface area contributed by atoms with Crippen LogP contribution in [0.4, 0.5) is 18.9 Å². The number of carbonyl (C=O) groups excluding carboxylic acids is 1. The van der Waals surface area contributed by atoms with Gasteiger partial charge in [-0.3, -0.25) is 9.78 Å². The van der Waals surface area contributed by atoms with Crippen LogP contribution in [0, 0.1) is 24.4 Å². The van der Waals surface area contributed by atoms with E-state index < -0.39 is 28.9 Å². The fourth-order valence-corrected chi connectivity index (χ4v) is 2.64. The molecule has 0 spiro atoms. The molecule has 0 saturated heterocycles. The number of amides is 1. The summed E-state index contributed by atoms with van der Waals surface area (Å²) in [5.41, 5.74) is 6.38. The third-order valence-electron chi connectivity index (χ3n) is 4.02. The van der Waals surface area contributed by atoms with E-state index in [0.29, 0.717) is 29.7 Å². The highest BCUT2D eigenvalue weighted by atomic mass is 19.2. The molecule has 1 aromatic carbocycles. The van der Waals surface area contributed by atoms with Crippen LogP contribution in [0.5, 0.6) is 0 Å². The zero-order chi connectivity index (χ0) is 20.3. The van der Waals surface area contributed by atoms with Crippen molar-refractivity contribution in [1.82, 2.24) is 15.0 Å². The van der Waals surface area contributed by atoms with Crippen LogP contribution in [0.15, 0.2) is 36.7 Å². The van der Waals surface area contributed by atoms with Crippen molar-refractivity contribution in [2.75, 3.05) is 5.32 Å². The minimum atomic E-state index is -1.29. The van der Waals surface area contributed by atoms with Crippen molar-refractivity contribution in [1.29, 1.82) is 0 Å². The van der Waals surface area contributed by atoms with Gasteiger partial charge < -0.3 is 11.1 Å². The standard InChI is InChI=1S/C19H16F3N5O/c1-10-24-5-4-11(27-10)6-12-7-17(14(9-25-12)19(23)28)26-8-13-15(20)2-3-16(21)18(13)22/h2-5,7,9H,6,8H2,1H3,(H2,23,28)(H,25,26). The molecular weight excluding hydrogens is 371 g/mol. The predicted octanol–water partition coefficient (Wildman–Crippen LogP) is 2.90. The summed E-state index contributed by atoms with van der Waals surface area (Å²) in [6, 6.07) is 4.80. The SMILES string of the molecule is Cc1nccc(Cc2cc(NCc3c(F)ccc(F)c3F)c(C(N)=O)cn2)n1. The van der Waals surface area contributed by atoms with E-state index in [0.717, 1.165) is 6.07 Å². The number of aromatic nitrogens is 3. The van der Waals surface area contributed by atoms with Gasteiger partial charge in [-0.05, 0) is 31.2 Å². The van der Waals surface area contributed by atoms with Crippen LogP contribution in [0.2, 0.25) is 0 Å². The van der Waals surface area contributed by atoms with Gasteiger partial charge in [-0.15, -0.1) is 0 Å². The van der Waals surface area contributed by atoms with Gasteiger partial charge in [-0.1, -0.05) is 0 Å². The molecule has 3 N–H and O–H groups in total. The fraction of sp³-hybridized carbons (Fsp3) is 0.158. The number of primary amides is 1. The van der Waals surface area contributed by atoms with Crippen molar-refractivity contribution in [3.05, 3.63) is 82.4 Å². The normalized spacial score (nSPS) is 10.7. The number of benzene rings is 1. The van der Waals surface area contributed by atoms with Crippen molar-refractivity contribution in [3.63, 3.8) is 0 Å². The first kappa shape index (κ1) is 19.3. The summed E-state index contributed by atoms with van der Waals surface area (Å²) in [6.07, 6.45) is 3.23. The molecule has 3 aromatic rings. The van der Waals surface area contributed by atoms with Gasteiger partial charge in [0.15, 0.2) is 11.6 Å². The Morgan fingerprint density at radius 1 is 1.11 bits per heavy atom. The lowest BCUT2D eigenvalue weighted by molar-refractivity contribution is 0.100. The lowest BCUT2D eigenvalue weighted by atomic mass is 10.1. The number of carbonyl (C=O) groups is 1. The van der Waals surface area contributed by atoms with Gasteiger partial charge in [0.25, 0.3) is 5.91 Å². The molecule has 3 rings (SSSR count). The van der Waals surface area contributed by atoms with Crippen LogP contribution >= 0.6 is 0 Å². The van der Waals surface area contributed by atoms with Gasteiger partial charge in [-0.2, -0.15) is 0 Å². The highest BCUT2D eigenvalue weighted by molar-refractivity contribution is 5.98. The Bertz CT molecular complexity index is 1040. The van der Waals surface area contributed by atoms with Crippen molar-refractivity contribution >= 4 is 11.6 Å². The highest BCUT2D eigenvalue weighted by Gasteiger charge is 2.16. The molecule has 0 aliphatic carbocycles. The third-order valence-corrected chi connectivity index (χ3v) is 4.02. The third kappa shape index (κ3) is 4.25. The maximum Gasteiger partial charge on any atom is 0.252 e. The number of anilines is 1. The second-order valence-electron chi connectivity index (χ2n) is 6.03. The highest BCUT2D eigenvalue weighted by Crippen LogP contribution is 2.21. The van der Waals surface area contributed by atoms with Crippen LogP contribution in [0.3, 0.4) is 0 Å². The van der Waals surface area contributed by atoms with E-state index >= 15 is 0 Å². The second kappa shape index (κ2) is 8.03. The minimum absolute atomic E-state index is 0.0415. The maximum absolute atomic E-state index is 13.9. The number of halogens is 3. The fourth-order valence-electron chi connectivity index (χ4n) is 2.64. The zero-order valence-corrected chi connectivity index (χ0v) is 14.8. The predicted molar refractivity (Wildman–Crippen MR) is 96.0 cm³/mol. The van der Waals surface area contributed by atoms with Crippen LogP contribution in [-0.4, -0.2) is 20.9 Å². The van der Waals surface area contributed by atoms with Crippen LogP contribution in [0.25, 0.3) is 0 Å². The number of hydrogen-bond acceptors (Lipinski definition) is 5. The summed E-state index contributed by atoms with van der Waals surface area (Å²) in [5, 5.41) is 2.74. The molecule has 0 radical (unpaired) electrons. The molecule has 0 bridgehead atoms. The molecule has 0 saturated carbocycles. The van der Waals surface area contributed by atoms with Crippen molar-refractivity contribution < 1.29 is 18.0 Å². The van der Waals surface area contributed by atoms with Gasteiger partial charge >= 0.3 is 0 Å². The Kier molecular flexibility index (Phi) is 5.53.